The Bertz CT molecular complexity index is 462. The lowest BCUT2D eigenvalue weighted by Crippen LogP contribution is -1.85. The Kier molecular flexibility index (Phi) is 3.20. The highest BCUT2D eigenvalue weighted by Gasteiger charge is 2.16. The van der Waals surface area contributed by atoms with E-state index in [2.05, 4.69) is 59.6 Å². The normalized spacial score (nSPS) is 10.8. The van der Waals surface area contributed by atoms with Gasteiger partial charge in [0.2, 0.25) is 0 Å². The molecule has 0 aliphatic rings. The van der Waals surface area contributed by atoms with Gasteiger partial charge in [-0.3, -0.25) is 0 Å². The molecule has 0 aliphatic heterocycles. The molecule has 0 atom stereocenters. The van der Waals surface area contributed by atoms with Gasteiger partial charge < -0.3 is 10.3 Å². The molecule has 0 radical (unpaired) electrons. The first kappa shape index (κ1) is 10.9. The number of hydrogen-bond donors (Lipinski definition) is 1. The molecule has 3 nitrogen and oxygen atoms in total. The molecule has 0 amide bonds. The van der Waals surface area contributed by atoms with E-state index in [1.54, 1.807) is 11.3 Å². The summed E-state index contributed by atoms with van der Waals surface area (Å²) in [5.74, 6) is 1.15. The van der Waals surface area contributed by atoms with Crippen molar-refractivity contribution in [1.29, 1.82) is 0 Å². The van der Waals surface area contributed by atoms with Crippen LogP contribution < -0.4 is 5.73 Å². The van der Waals surface area contributed by atoms with Gasteiger partial charge in [0, 0.05) is 4.47 Å². The van der Waals surface area contributed by atoms with Crippen LogP contribution in [0.15, 0.2) is 18.8 Å². The van der Waals surface area contributed by atoms with Crippen LogP contribution in [0.3, 0.4) is 0 Å². The Morgan fingerprint density at radius 3 is 2.64 bits per heavy atom. The number of nitrogens with two attached hydrogens (primary N) is 1. The Morgan fingerprint density at radius 2 is 2.21 bits per heavy atom. The fraction of sp³-hybridized carbons (Fsp3) is 0. The number of hydrogen-bond acceptors (Lipinski definition) is 4. The second-order valence-corrected chi connectivity index (χ2v) is 6.75. The second kappa shape index (κ2) is 4.11. The van der Waals surface area contributed by atoms with Crippen molar-refractivity contribution in [3.05, 3.63) is 17.9 Å². The summed E-state index contributed by atoms with van der Waals surface area (Å²) in [5, 5.41) is 3.70. The summed E-state index contributed by atoms with van der Waals surface area (Å²) in [6.45, 7) is 0. The summed E-state index contributed by atoms with van der Waals surface area (Å²) in [7, 11) is 0. The first-order valence-corrected chi connectivity index (χ1v) is 6.93. The number of halogens is 3. The van der Waals surface area contributed by atoms with Crippen molar-refractivity contribution in [2.45, 2.75) is 0 Å². The Balaban J connectivity index is 2.54. The molecule has 0 bridgehead atoms. The highest BCUT2D eigenvalue weighted by Crippen LogP contribution is 2.40. The zero-order chi connectivity index (χ0) is 10.3. The minimum Gasteiger partial charge on any atom is -0.380 e. The molecule has 0 unspecified atom stereocenters. The molecule has 2 N–H and O–H groups in total. The van der Waals surface area contributed by atoms with Gasteiger partial charge >= 0.3 is 0 Å². The molecule has 14 heavy (non-hydrogen) atoms. The maximum Gasteiger partial charge on any atom is 0.192 e. The van der Waals surface area contributed by atoms with Crippen LogP contribution >= 0.6 is 65.8 Å². The lowest BCUT2D eigenvalue weighted by Gasteiger charge is -1.88. The summed E-state index contributed by atoms with van der Waals surface area (Å²) in [4.78, 5) is 0.998. The van der Waals surface area contributed by atoms with Crippen LogP contribution in [0.1, 0.15) is 0 Å². The van der Waals surface area contributed by atoms with Crippen molar-refractivity contribution in [1.82, 2.24) is 5.16 Å². The highest BCUT2D eigenvalue weighted by atomic mass is 127. The third-order valence-corrected chi connectivity index (χ3v) is 5.83. The standard InChI is InChI=1S/C7H3Br2IN2OS/c8-2-1-3(14-6(2)9)5-4(10)7(11)12-13-5/h1H,(H2,11,12). The quantitative estimate of drug-likeness (QED) is 0.666. The predicted molar refractivity (Wildman–Crippen MR) is 72.3 cm³/mol. The zero-order valence-electron chi connectivity index (χ0n) is 6.55. The smallest absolute Gasteiger partial charge is 0.192 e. The number of nitrogen functional groups attached to an aromatic ring is 1. The van der Waals surface area contributed by atoms with Crippen LogP contribution in [0.5, 0.6) is 0 Å². The lowest BCUT2D eigenvalue weighted by atomic mass is 10.4. The van der Waals surface area contributed by atoms with Crippen molar-refractivity contribution in [2.75, 3.05) is 5.73 Å². The van der Waals surface area contributed by atoms with Gasteiger partial charge in [-0.1, -0.05) is 5.16 Å². The molecule has 7 heteroatoms. The Morgan fingerprint density at radius 1 is 1.50 bits per heavy atom. The molecule has 0 saturated carbocycles. The van der Waals surface area contributed by atoms with Gasteiger partial charge in [0.05, 0.1) is 8.66 Å². The van der Waals surface area contributed by atoms with E-state index in [0.29, 0.717) is 5.82 Å². The minimum atomic E-state index is 0.432. The zero-order valence-corrected chi connectivity index (χ0v) is 12.7. The van der Waals surface area contributed by atoms with Gasteiger partial charge in [-0.15, -0.1) is 11.3 Å². The van der Waals surface area contributed by atoms with E-state index in [4.69, 9.17) is 10.3 Å². The van der Waals surface area contributed by atoms with Gasteiger partial charge in [-0.25, -0.2) is 0 Å². The van der Waals surface area contributed by atoms with Crippen molar-refractivity contribution in [2.24, 2.45) is 0 Å². The molecule has 0 aromatic carbocycles. The fourth-order valence-corrected chi connectivity index (χ4v) is 3.59. The van der Waals surface area contributed by atoms with E-state index in [0.717, 1.165) is 22.5 Å². The Labute approximate surface area is 114 Å². The highest BCUT2D eigenvalue weighted by molar-refractivity contribution is 14.1. The molecular weight excluding hydrogens is 447 g/mol. The van der Waals surface area contributed by atoms with Crippen LogP contribution in [0.4, 0.5) is 5.82 Å². The molecule has 0 spiro atoms. The number of aromatic nitrogens is 1. The summed E-state index contributed by atoms with van der Waals surface area (Å²) in [5.41, 5.74) is 5.59. The largest absolute Gasteiger partial charge is 0.380 e. The van der Waals surface area contributed by atoms with E-state index in [1.807, 2.05) is 6.07 Å². The average Bonchev–Trinajstić information content (AvgIpc) is 2.61. The molecule has 0 saturated heterocycles. The van der Waals surface area contributed by atoms with E-state index >= 15 is 0 Å². The fourth-order valence-electron chi connectivity index (χ4n) is 0.903. The topological polar surface area (TPSA) is 52.0 Å². The predicted octanol–water partition coefficient (Wildman–Crippen LogP) is 4.11. The number of rotatable bonds is 1. The molecular formula is C7H3Br2IN2OS. The van der Waals surface area contributed by atoms with Gasteiger partial charge in [-0.2, -0.15) is 0 Å². The van der Waals surface area contributed by atoms with Crippen LogP contribution in [0.2, 0.25) is 0 Å². The average molecular weight is 450 g/mol. The first-order chi connectivity index (χ1) is 6.59. The van der Waals surface area contributed by atoms with Crippen LogP contribution in [0, 0.1) is 3.57 Å². The Hall–Kier alpha value is 0.400. The maximum atomic E-state index is 5.59. The van der Waals surface area contributed by atoms with Crippen LogP contribution in [0.25, 0.3) is 10.6 Å². The van der Waals surface area contributed by atoms with Crippen molar-refractivity contribution >= 4 is 71.6 Å². The van der Waals surface area contributed by atoms with Gasteiger partial charge in [0.1, 0.15) is 3.57 Å². The maximum absolute atomic E-state index is 5.59. The second-order valence-electron chi connectivity index (χ2n) is 2.44. The molecule has 0 fully saturated rings. The molecule has 0 aliphatic carbocycles. The van der Waals surface area contributed by atoms with Crippen LogP contribution in [-0.4, -0.2) is 5.16 Å². The van der Waals surface area contributed by atoms with Gasteiger partial charge in [0.25, 0.3) is 0 Å². The summed E-state index contributed by atoms with van der Waals surface area (Å²) >= 11 is 10.5. The third kappa shape index (κ3) is 1.86. The molecule has 2 rings (SSSR count). The summed E-state index contributed by atoms with van der Waals surface area (Å²) in [6, 6.07) is 1.97. The number of thiophene rings is 1. The molecule has 2 aromatic heterocycles. The third-order valence-electron chi connectivity index (χ3n) is 1.53. The molecule has 2 heterocycles. The number of anilines is 1. The van der Waals surface area contributed by atoms with Gasteiger partial charge in [-0.05, 0) is 60.5 Å². The molecule has 2 aromatic rings. The summed E-state index contributed by atoms with van der Waals surface area (Å²) in [6.07, 6.45) is 0. The molecule has 74 valence electrons. The van der Waals surface area contributed by atoms with E-state index in [-0.39, 0.29) is 0 Å². The van der Waals surface area contributed by atoms with Crippen molar-refractivity contribution in [3.8, 4) is 10.6 Å². The van der Waals surface area contributed by atoms with Crippen molar-refractivity contribution < 1.29 is 4.52 Å². The first-order valence-electron chi connectivity index (χ1n) is 3.45. The SMILES string of the molecule is Nc1noc(-c2cc(Br)c(Br)s2)c1I. The van der Waals surface area contributed by atoms with E-state index in [9.17, 15) is 0 Å². The van der Waals surface area contributed by atoms with E-state index < -0.39 is 0 Å². The summed E-state index contributed by atoms with van der Waals surface area (Å²) < 4.78 is 8.02. The minimum absolute atomic E-state index is 0.432. The van der Waals surface area contributed by atoms with Gasteiger partial charge in [0.15, 0.2) is 11.6 Å². The number of nitrogens with zero attached hydrogens (tertiary/aromatic N) is 1. The van der Waals surface area contributed by atoms with Crippen LogP contribution in [-0.2, 0) is 0 Å². The van der Waals surface area contributed by atoms with E-state index in [1.165, 1.54) is 0 Å². The van der Waals surface area contributed by atoms with Crippen molar-refractivity contribution in [3.63, 3.8) is 0 Å². The monoisotopic (exact) mass is 448 g/mol. The lowest BCUT2D eigenvalue weighted by molar-refractivity contribution is 0.436.